The summed E-state index contributed by atoms with van der Waals surface area (Å²) in [5.41, 5.74) is 3.33. The fourth-order valence-corrected chi connectivity index (χ4v) is 2.15. The van der Waals surface area contributed by atoms with Crippen molar-refractivity contribution in [2.75, 3.05) is 0 Å². The van der Waals surface area contributed by atoms with Crippen molar-refractivity contribution in [3.63, 3.8) is 0 Å². The van der Waals surface area contributed by atoms with Crippen LogP contribution in [0.2, 0.25) is 0 Å². The first-order chi connectivity index (χ1) is 10.1. The molecule has 4 heteroatoms. The van der Waals surface area contributed by atoms with E-state index in [0.717, 1.165) is 22.0 Å². The molecular weight excluding hydrogens is 264 g/mol. The molecule has 0 saturated heterocycles. The van der Waals surface area contributed by atoms with Crippen molar-refractivity contribution in [2.45, 2.75) is 13.8 Å². The lowest BCUT2D eigenvalue weighted by Crippen LogP contribution is -2.10. The highest BCUT2D eigenvalue weighted by Gasteiger charge is 2.12. The number of nitrogens with zero attached hydrogens (tertiary/aromatic N) is 2. The van der Waals surface area contributed by atoms with Gasteiger partial charge in [0.1, 0.15) is 12.1 Å². The van der Waals surface area contributed by atoms with Crippen molar-refractivity contribution in [1.82, 2.24) is 9.97 Å². The van der Waals surface area contributed by atoms with Gasteiger partial charge in [-0.25, -0.2) is 14.8 Å². The van der Waals surface area contributed by atoms with Crippen LogP contribution in [0.15, 0.2) is 48.9 Å². The zero-order valence-corrected chi connectivity index (χ0v) is 11.8. The first kappa shape index (κ1) is 13.2. The molecule has 0 atom stereocenters. The van der Waals surface area contributed by atoms with Crippen LogP contribution < -0.4 is 4.74 Å². The van der Waals surface area contributed by atoms with Crippen LogP contribution in [0, 0.1) is 13.8 Å². The molecule has 0 N–H and O–H groups in total. The summed E-state index contributed by atoms with van der Waals surface area (Å²) < 4.78 is 5.45. The van der Waals surface area contributed by atoms with Crippen LogP contribution >= 0.6 is 0 Å². The van der Waals surface area contributed by atoms with Gasteiger partial charge in [-0.2, -0.15) is 0 Å². The van der Waals surface area contributed by atoms with Gasteiger partial charge < -0.3 is 4.74 Å². The Kier molecular flexibility index (Phi) is 3.36. The van der Waals surface area contributed by atoms with Gasteiger partial charge in [0.15, 0.2) is 0 Å². The molecule has 1 aromatic heterocycles. The number of benzene rings is 2. The zero-order valence-electron chi connectivity index (χ0n) is 11.8. The summed E-state index contributed by atoms with van der Waals surface area (Å²) in [6.45, 7) is 3.89. The second kappa shape index (κ2) is 5.32. The summed E-state index contributed by atoms with van der Waals surface area (Å²) in [4.78, 5) is 20.4. The molecule has 21 heavy (non-hydrogen) atoms. The summed E-state index contributed by atoms with van der Waals surface area (Å²) in [6, 6.07) is 10.9. The summed E-state index contributed by atoms with van der Waals surface area (Å²) >= 11 is 0. The van der Waals surface area contributed by atoms with Gasteiger partial charge in [-0.1, -0.05) is 12.1 Å². The van der Waals surface area contributed by atoms with E-state index < -0.39 is 0 Å². The van der Waals surface area contributed by atoms with Crippen molar-refractivity contribution in [1.29, 1.82) is 0 Å². The molecule has 3 rings (SSSR count). The van der Waals surface area contributed by atoms with Gasteiger partial charge in [-0.3, -0.25) is 0 Å². The molecule has 0 amide bonds. The van der Waals surface area contributed by atoms with Gasteiger partial charge in [0.05, 0.1) is 11.1 Å². The van der Waals surface area contributed by atoms with Crippen molar-refractivity contribution in [3.05, 3.63) is 65.6 Å². The SMILES string of the molecule is Cc1cccc(C(=O)Oc2ccc3cncnc3c2)c1C. The number of carbonyl (C=O) groups excluding carboxylic acids is 1. The van der Waals surface area contributed by atoms with Gasteiger partial charge in [0, 0.05) is 17.6 Å². The summed E-state index contributed by atoms with van der Waals surface area (Å²) in [7, 11) is 0. The predicted molar refractivity (Wildman–Crippen MR) is 80.4 cm³/mol. The third-order valence-electron chi connectivity index (χ3n) is 3.51. The van der Waals surface area contributed by atoms with Gasteiger partial charge in [0.25, 0.3) is 0 Å². The minimum atomic E-state index is -0.357. The third kappa shape index (κ3) is 2.60. The number of fused-ring (bicyclic) bond motifs is 1. The normalized spacial score (nSPS) is 10.6. The Hall–Kier alpha value is -2.75. The maximum Gasteiger partial charge on any atom is 0.343 e. The molecule has 0 spiro atoms. The first-order valence-electron chi connectivity index (χ1n) is 6.63. The lowest BCUT2D eigenvalue weighted by atomic mass is 10.0. The topological polar surface area (TPSA) is 52.1 Å². The van der Waals surface area contributed by atoms with Crippen LogP contribution in [0.5, 0.6) is 5.75 Å². The van der Waals surface area contributed by atoms with Gasteiger partial charge in [-0.15, -0.1) is 0 Å². The largest absolute Gasteiger partial charge is 0.423 e. The van der Waals surface area contributed by atoms with Gasteiger partial charge in [-0.05, 0) is 43.2 Å². The third-order valence-corrected chi connectivity index (χ3v) is 3.51. The highest BCUT2D eigenvalue weighted by atomic mass is 16.5. The first-order valence-corrected chi connectivity index (χ1v) is 6.63. The van der Waals surface area contributed by atoms with E-state index >= 15 is 0 Å². The number of esters is 1. The van der Waals surface area contributed by atoms with E-state index in [1.165, 1.54) is 6.33 Å². The smallest absolute Gasteiger partial charge is 0.343 e. The fourth-order valence-electron chi connectivity index (χ4n) is 2.15. The number of hydrogen-bond donors (Lipinski definition) is 0. The van der Waals surface area contributed by atoms with Gasteiger partial charge >= 0.3 is 5.97 Å². The molecule has 0 fully saturated rings. The molecule has 0 aliphatic carbocycles. The van der Waals surface area contributed by atoms with E-state index in [1.54, 1.807) is 24.4 Å². The molecule has 2 aromatic carbocycles. The Morgan fingerprint density at radius 3 is 2.86 bits per heavy atom. The molecule has 0 aliphatic rings. The minimum Gasteiger partial charge on any atom is -0.423 e. The quantitative estimate of drug-likeness (QED) is 0.532. The second-order valence-corrected chi connectivity index (χ2v) is 4.88. The highest BCUT2D eigenvalue weighted by molar-refractivity contribution is 5.93. The maximum absolute atomic E-state index is 12.3. The molecule has 3 aromatic rings. The number of aryl methyl sites for hydroxylation is 1. The molecule has 1 heterocycles. The van der Waals surface area contributed by atoms with Crippen LogP contribution in [0.3, 0.4) is 0 Å². The standard InChI is InChI=1S/C17H14N2O2/c1-11-4-3-5-15(12(11)2)17(20)21-14-7-6-13-9-18-10-19-16(13)8-14/h3-10H,1-2H3. The molecule has 0 aliphatic heterocycles. The molecule has 4 nitrogen and oxygen atoms in total. The minimum absolute atomic E-state index is 0.357. The van der Waals surface area contributed by atoms with E-state index in [4.69, 9.17) is 4.74 Å². The Bertz CT molecular complexity index is 828. The number of aromatic nitrogens is 2. The van der Waals surface area contributed by atoms with E-state index in [-0.39, 0.29) is 5.97 Å². The number of hydrogen-bond acceptors (Lipinski definition) is 4. The van der Waals surface area contributed by atoms with Crippen LogP contribution in [-0.2, 0) is 0 Å². The van der Waals surface area contributed by atoms with Crippen LogP contribution in [0.1, 0.15) is 21.5 Å². The van der Waals surface area contributed by atoms with Crippen molar-refractivity contribution in [3.8, 4) is 5.75 Å². The van der Waals surface area contributed by atoms with E-state index in [9.17, 15) is 4.79 Å². The van der Waals surface area contributed by atoms with E-state index in [1.807, 2.05) is 32.0 Å². The number of ether oxygens (including phenoxy) is 1. The van der Waals surface area contributed by atoms with Crippen LogP contribution in [0.25, 0.3) is 10.9 Å². The average Bonchev–Trinajstić information content (AvgIpc) is 2.50. The van der Waals surface area contributed by atoms with E-state index in [0.29, 0.717) is 11.3 Å². The lowest BCUT2D eigenvalue weighted by molar-refractivity contribution is 0.0734. The molecular formula is C17H14N2O2. The Morgan fingerprint density at radius 2 is 2.00 bits per heavy atom. The molecule has 0 saturated carbocycles. The van der Waals surface area contributed by atoms with Crippen LogP contribution in [-0.4, -0.2) is 15.9 Å². The molecule has 104 valence electrons. The van der Waals surface area contributed by atoms with Crippen molar-refractivity contribution >= 4 is 16.9 Å². The number of rotatable bonds is 2. The Labute approximate surface area is 122 Å². The predicted octanol–water partition coefficient (Wildman–Crippen LogP) is 3.47. The van der Waals surface area contributed by atoms with Crippen molar-refractivity contribution < 1.29 is 9.53 Å². The number of carbonyl (C=O) groups is 1. The monoisotopic (exact) mass is 278 g/mol. The molecule has 0 unspecified atom stereocenters. The Morgan fingerprint density at radius 1 is 1.14 bits per heavy atom. The van der Waals surface area contributed by atoms with E-state index in [2.05, 4.69) is 9.97 Å². The summed E-state index contributed by atoms with van der Waals surface area (Å²) in [5.74, 6) is 0.122. The second-order valence-electron chi connectivity index (χ2n) is 4.88. The maximum atomic E-state index is 12.3. The lowest BCUT2D eigenvalue weighted by Gasteiger charge is -2.09. The summed E-state index contributed by atoms with van der Waals surface area (Å²) in [6.07, 6.45) is 3.19. The fraction of sp³-hybridized carbons (Fsp3) is 0.118. The average molecular weight is 278 g/mol. The molecule has 0 bridgehead atoms. The Balaban J connectivity index is 1.91. The highest BCUT2D eigenvalue weighted by Crippen LogP contribution is 2.20. The zero-order chi connectivity index (χ0) is 14.8. The van der Waals surface area contributed by atoms with Gasteiger partial charge in [0.2, 0.25) is 0 Å². The summed E-state index contributed by atoms with van der Waals surface area (Å²) in [5, 5.41) is 0.907. The van der Waals surface area contributed by atoms with Crippen LogP contribution in [0.4, 0.5) is 0 Å². The van der Waals surface area contributed by atoms with Crippen molar-refractivity contribution in [2.24, 2.45) is 0 Å². The molecule has 0 radical (unpaired) electrons.